The molecule has 6 heteroatoms. The van der Waals surface area contributed by atoms with E-state index < -0.39 is 0 Å². The van der Waals surface area contributed by atoms with Gasteiger partial charge in [-0.2, -0.15) is 0 Å². The maximum absolute atomic E-state index is 11.9. The number of amides is 1. The molecule has 0 aliphatic carbocycles. The number of aryl methyl sites for hydroxylation is 1. The minimum Gasteiger partial charge on any atom is -0.492 e. The van der Waals surface area contributed by atoms with Crippen LogP contribution in [0.1, 0.15) is 27.4 Å². The van der Waals surface area contributed by atoms with Gasteiger partial charge in [0.05, 0.1) is 11.4 Å². The van der Waals surface area contributed by atoms with E-state index in [0.29, 0.717) is 28.8 Å². The van der Waals surface area contributed by atoms with Gasteiger partial charge in [-0.05, 0) is 43.3 Å². The summed E-state index contributed by atoms with van der Waals surface area (Å²) < 4.78 is 5.47. The van der Waals surface area contributed by atoms with Gasteiger partial charge in [-0.25, -0.2) is 0 Å². The fourth-order valence-corrected chi connectivity index (χ4v) is 2.87. The van der Waals surface area contributed by atoms with E-state index >= 15 is 0 Å². The fourth-order valence-electron chi connectivity index (χ4n) is 1.91. The third-order valence-corrected chi connectivity index (χ3v) is 4.39. The van der Waals surface area contributed by atoms with Crippen LogP contribution < -0.4 is 10.1 Å². The van der Waals surface area contributed by atoms with Crippen molar-refractivity contribution in [1.29, 1.82) is 0 Å². The van der Waals surface area contributed by atoms with Gasteiger partial charge < -0.3 is 10.1 Å². The lowest BCUT2D eigenvalue weighted by molar-refractivity contribution is -0.121. The zero-order valence-corrected chi connectivity index (χ0v) is 14.4. The van der Waals surface area contributed by atoms with Gasteiger partial charge >= 0.3 is 0 Å². The normalized spacial score (nSPS) is 10.3. The molecular formula is C17H18ClNO3S. The van der Waals surface area contributed by atoms with Crippen LogP contribution in [0.25, 0.3) is 0 Å². The Bertz CT molecular complexity index is 667. The molecule has 2 rings (SSSR count). The second kappa shape index (κ2) is 8.70. The van der Waals surface area contributed by atoms with Crippen LogP contribution in [0.5, 0.6) is 5.75 Å². The molecule has 1 aromatic carbocycles. The topological polar surface area (TPSA) is 55.4 Å². The molecule has 0 fully saturated rings. The molecule has 0 radical (unpaired) electrons. The highest BCUT2D eigenvalue weighted by Crippen LogP contribution is 2.17. The summed E-state index contributed by atoms with van der Waals surface area (Å²) in [5, 5.41) is 3.39. The van der Waals surface area contributed by atoms with E-state index in [9.17, 15) is 9.59 Å². The van der Waals surface area contributed by atoms with E-state index in [0.717, 1.165) is 4.88 Å². The summed E-state index contributed by atoms with van der Waals surface area (Å²) in [6.45, 7) is 2.72. The average molecular weight is 352 g/mol. The van der Waals surface area contributed by atoms with Crippen LogP contribution in [0, 0.1) is 6.92 Å². The predicted molar refractivity (Wildman–Crippen MR) is 92.6 cm³/mol. The molecule has 1 amide bonds. The number of rotatable bonds is 8. The maximum atomic E-state index is 11.9. The number of nitrogens with one attached hydrogen (secondary N) is 1. The highest BCUT2D eigenvalue weighted by atomic mass is 35.5. The Labute approximate surface area is 144 Å². The standard InChI is InChI=1S/C17H18ClNO3S/c1-12-2-8-16(23-12)15(20)7-9-17(21)19-10-11-22-14-5-3-13(18)4-6-14/h2-6,8H,7,9-11H2,1H3,(H,19,21). The monoisotopic (exact) mass is 351 g/mol. The van der Waals surface area contributed by atoms with Crippen LogP contribution in [0.15, 0.2) is 36.4 Å². The Hall–Kier alpha value is -1.85. The van der Waals surface area contributed by atoms with Gasteiger partial charge in [-0.1, -0.05) is 11.6 Å². The summed E-state index contributed by atoms with van der Waals surface area (Å²) in [5.74, 6) is 0.564. The average Bonchev–Trinajstić information content (AvgIpc) is 2.97. The molecule has 0 unspecified atom stereocenters. The van der Waals surface area contributed by atoms with Crippen molar-refractivity contribution in [2.24, 2.45) is 0 Å². The summed E-state index contributed by atoms with van der Waals surface area (Å²) in [6.07, 6.45) is 0.417. The van der Waals surface area contributed by atoms with E-state index in [1.165, 1.54) is 11.3 Å². The summed E-state index contributed by atoms with van der Waals surface area (Å²) >= 11 is 7.24. The van der Waals surface area contributed by atoms with Crippen molar-refractivity contribution in [3.05, 3.63) is 51.2 Å². The zero-order valence-electron chi connectivity index (χ0n) is 12.8. The molecule has 4 nitrogen and oxygen atoms in total. The minimum atomic E-state index is -0.147. The molecule has 1 N–H and O–H groups in total. The Kier molecular flexibility index (Phi) is 6.62. The zero-order chi connectivity index (χ0) is 16.7. The number of thiophene rings is 1. The molecule has 0 atom stereocenters. The summed E-state index contributed by atoms with van der Waals surface area (Å²) in [4.78, 5) is 25.4. The van der Waals surface area contributed by atoms with Crippen LogP contribution in [-0.2, 0) is 4.79 Å². The third kappa shape index (κ3) is 6.04. The Balaban J connectivity index is 1.61. The van der Waals surface area contributed by atoms with Gasteiger partial charge in [0.25, 0.3) is 0 Å². The minimum absolute atomic E-state index is 0.00987. The molecule has 0 aliphatic heterocycles. The number of carbonyl (C=O) groups excluding carboxylic acids is 2. The smallest absolute Gasteiger partial charge is 0.220 e. The van der Waals surface area contributed by atoms with Crippen LogP contribution in [0.4, 0.5) is 0 Å². The van der Waals surface area contributed by atoms with Crippen molar-refractivity contribution in [1.82, 2.24) is 5.32 Å². The van der Waals surface area contributed by atoms with Crippen molar-refractivity contribution in [2.45, 2.75) is 19.8 Å². The summed E-state index contributed by atoms with van der Waals surface area (Å²) in [5.41, 5.74) is 0. The van der Waals surface area contributed by atoms with E-state index in [1.54, 1.807) is 30.3 Å². The van der Waals surface area contributed by atoms with Gasteiger partial charge in [0.1, 0.15) is 12.4 Å². The molecule has 23 heavy (non-hydrogen) atoms. The van der Waals surface area contributed by atoms with E-state index in [-0.39, 0.29) is 24.5 Å². The highest BCUT2D eigenvalue weighted by Gasteiger charge is 2.10. The van der Waals surface area contributed by atoms with Gasteiger partial charge in [0, 0.05) is 22.7 Å². The number of ether oxygens (including phenoxy) is 1. The largest absolute Gasteiger partial charge is 0.492 e. The molecule has 0 bridgehead atoms. The van der Waals surface area contributed by atoms with Crippen molar-refractivity contribution < 1.29 is 14.3 Å². The van der Waals surface area contributed by atoms with Crippen LogP contribution in [-0.4, -0.2) is 24.8 Å². The second-order valence-corrected chi connectivity index (χ2v) is 6.71. The van der Waals surface area contributed by atoms with Crippen molar-refractivity contribution in [3.63, 3.8) is 0 Å². The van der Waals surface area contributed by atoms with E-state index in [2.05, 4.69) is 5.32 Å². The predicted octanol–water partition coefficient (Wildman–Crippen LogP) is 3.87. The van der Waals surface area contributed by atoms with Crippen LogP contribution in [0.2, 0.25) is 5.02 Å². The van der Waals surface area contributed by atoms with Crippen molar-refractivity contribution >= 4 is 34.6 Å². The third-order valence-electron chi connectivity index (χ3n) is 3.10. The number of hydrogen-bond acceptors (Lipinski definition) is 4. The maximum Gasteiger partial charge on any atom is 0.220 e. The first-order valence-electron chi connectivity index (χ1n) is 7.29. The van der Waals surface area contributed by atoms with E-state index in [1.807, 2.05) is 13.0 Å². The van der Waals surface area contributed by atoms with Crippen molar-refractivity contribution in [3.8, 4) is 5.75 Å². The molecular weight excluding hydrogens is 334 g/mol. The first-order valence-corrected chi connectivity index (χ1v) is 8.49. The fraction of sp³-hybridized carbons (Fsp3) is 0.294. The van der Waals surface area contributed by atoms with Gasteiger partial charge in [0.2, 0.25) is 5.91 Å². The molecule has 122 valence electrons. The number of Topliss-reactive ketones (excluding diaryl/α,β-unsaturated/α-hetero) is 1. The van der Waals surface area contributed by atoms with Gasteiger partial charge in [0.15, 0.2) is 5.78 Å². The number of hydrogen-bond donors (Lipinski definition) is 1. The molecule has 1 heterocycles. The quantitative estimate of drug-likeness (QED) is 0.580. The molecule has 0 spiro atoms. The van der Waals surface area contributed by atoms with E-state index in [4.69, 9.17) is 16.3 Å². The number of carbonyl (C=O) groups is 2. The first kappa shape index (κ1) is 17.5. The SMILES string of the molecule is Cc1ccc(C(=O)CCC(=O)NCCOc2ccc(Cl)cc2)s1. The van der Waals surface area contributed by atoms with Crippen LogP contribution in [0.3, 0.4) is 0 Å². The molecule has 0 saturated carbocycles. The number of ketones is 1. The summed E-state index contributed by atoms with van der Waals surface area (Å²) in [6, 6.07) is 10.7. The molecule has 0 aliphatic rings. The molecule has 2 aromatic rings. The van der Waals surface area contributed by atoms with Gasteiger partial charge in [-0.15, -0.1) is 11.3 Å². The lowest BCUT2D eigenvalue weighted by Crippen LogP contribution is -2.28. The first-order chi connectivity index (χ1) is 11.0. The number of benzene rings is 1. The second-order valence-electron chi connectivity index (χ2n) is 4.99. The van der Waals surface area contributed by atoms with Crippen LogP contribution >= 0.6 is 22.9 Å². The Morgan fingerprint density at radius 2 is 1.87 bits per heavy atom. The Morgan fingerprint density at radius 3 is 2.52 bits per heavy atom. The lowest BCUT2D eigenvalue weighted by atomic mass is 10.2. The number of halogens is 1. The lowest BCUT2D eigenvalue weighted by Gasteiger charge is -2.07. The van der Waals surface area contributed by atoms with Crippen molar-refractivity contribution in [2.75, 3.05) is 13.2 Å². The Morgan fingerprint density at radius 1 is 1.13 bits per heavy atom. The molecule has 0 saturated heterocycles. The van der Waals surface area contributed by atoms with Gasteiger partial charge in [-0.3, -0.25) is 9.59 Å². The summed E-state index contributed by atoms with van der Waals surface area (Å²) in [7, 11) is 0. The highest BCUT2D eigenvalue weighted by molar-refractivity contribution is 7.14. The molecule has 1 aromatic heterocycles.